The smallest absolute Gasteiger partial charge is 0.261 e. The van der Waals surface area contributed by atoms with Crippen molar-refractivity contribution in [3.8, 4) is 0 Å². The lowest BCUT2D eigenvalue weighted by molar-refractivity contribution is -0.122. The fraction of sp³-hybridized carbons (Fsp3) is 0.429. The van der Waals surface area contributed by atoms with Gasteiger partial charge in [0.1, 0.15) is 0 Å². The second-order valence-electron chi connectivity index (χ2n) is 6.78. The minimum Gasteiger partial charge on any atom is -0.379 e. The largest absolute Gasteiger partial charge is 0.379 e. The van der Waals surface area contributed by atoms with E-state index in [1.54, 1.807) is 6.07 Å². The molecule has 2 aromatic rings. The molecule has 2 N–H and O–H groups in total. The molecule has 3 rings (SSSR count). The Kier molecular flexibility index (Phi) is 8.02. The van der Waals surface area contributed by atoms with E-state index >= 15 is 0 Å². The lowest BCUT2D eigenvalue weighted by atomic mass is 10.1. The first-order valence-electron chi connectivity index (χ1n) is 9.68. The summed E-state index contributed by atoms with van der Waals surface area (Å²) in [7, 11) is 0. The van der Waals surface area contributed by atoms with Gasteiger partial charge in [-0.15, -0.1) is 11.3 Å². The molecule has 0 saturated carbocycles. The highest BCUT2D eigenvalue weighted by atomic mass is 32.1. The average Bonchev–Trinajstić information content (AvgIpc) is 3.27. The fourth-order valence-electron chi connectivity index (χ4n) is 3.17. The zero-order valence-electron chi connectivity index (χ0n) is 15.9. The zero-order chi connectivity index (χ0) is 19.6. The standard InChI is InChI=1S/C21H27N3O3S/c25-20(9-4-10-22-21(26)19-8-5-15-28-19)23-18(17-6-2-1-3-7-17)16-24-11-13-27-14-12-24/h1-3,5-8,15,18H,4,9-14,16H2,(H,22,26)(H,23,25). The number of carbonyl (C=O) groups excluding carboxylic acids is 2. The van der Waals surface area contributed by atoms with Crippen molar-refractivity contribution in [2.45, 2.75) is 18.9 Å². The Bertz CT molecular complexity index is 731. The molecule has 0 spiro atoms. The molecule has 1 atom stereocenters. The van der Waals surface area contributed by atoms with Gasteiger partial charge in [-0.3, -0.25) is 14.5 Å². The summed E-state index contributed by atoms with van der Waals surface area (Å²) in [6.07, 6.45) is 0.999. The van der Waals surface area contributed by atoms with Crippen LogP contribution in [-0.4, -0.2) is 56.1 Å². The van der Waals surface area contributed by atoms with Crippen molar-refractivity contribution in [1.29, 1.82) is 0 Å². The molecule has 6 nitrogen and oxygen atoms in total. The van der Waals surface area contributed by atoms with Crippen molar-refractivity contribution >= 4 is 23.2 Å². The van der Waals surface area contributed by atoms with Crippen molar-refractivity contribution in [1.82, 2.24) is 15.5 Å². The SMILES string of the molecule is O=C(CCCNC(=O)c1cccs1)NC(CN1CCOCC1)c1ccccc1. The number of nitrogens with one attached hydrogen (secondary N) is 2. The van der Waals surface area contributed by atoms with Gasteiger partial charge >= 0.3 is 0 Å². The molecule has 28 heavy (non-hydrogen) atoms. The van der Waals surface area contributed by atoms with Gasteiger partial charge in [0.25, 0.3) is 5.91 Å². The Labute approximate surface area is 169 Å². The lowest BCUT2D eigenvalue weighted by Gasteiger charge is -2.31. The number of ether oxygens (including phenoxy) is 1. The molecule has 1 aromatic carbocycles. The summed E-state index contributed by atoms with van der Waals surface area (Å²) >= 11 is 1.41. The van der Waals surface area contributed by atoms with Gasteiger partial charge in [0.2, 0.25) is 5.91 Å². The molecule has 1 aliphatic rings. The number of rotatable bonds is 9. The number of morpholine rings is 1. The van der Waals surface area contributed by atoms with Crippen molar-refractivity contribution in [3.63, 3.8) is 0 Å². The van der Waals surface area contributed by atoms with Crippen LogP contribution in [0.5, 0.6) is 0 Å². The Morgan fingerprint density at radius 1 is 1.11 bits per heavy atom. The normalized spacial score (nSPS) is 15.7. The summed E-state index contributed by atoms with van der Waals surface area (Å²) in [4.78, 5) is 27.4. The molecule has 1 fully saturated rings. The zero-order valence-corrected chi connectivity index (χ0v) is 16.7. The van der Waals surface area contributed by atoms with E-state index in [2.05, 4.69) is 15.5 Å². The van der Waals surface area contributed by atoms with E-state index < -0.39 is 0 Å². The molecule has 150 valence electrons. The minimum atomic E-state index is -0.0788. The molecule has 2 amide bonds. The van der Waals surface area contributed by atoms with E-state index in [1.165, 1.54) is 11.3 Å². The minimum absolute atomic E-state index is 0.00693. The van der Waals surface area contributed by atoms with Gasteiger partial charge in [-0.05, 0) is 23.4 Å². The summed E-state index contributed by atoms with van der Waals surface area (Å²) in [5.74, 6) is -0.0719. The van der Waals surface area contributed by atoms with Crippen LogP contribution >= 0.6 is 11.3 Å². The van der Waals surface area contributed by atoms with E-state index in [9.17, 15) is 9.59 Å². The maximum atomic E-state index is 12.5. The van der Waals surface area contributed by atoms with Crippen LogP contribution < -0.4 is 10.6 Å². The lowest BCUT2D eigenvalue weighted by Crippen LogP contribution is -2.43. The predicted molar refractivity (Wildman–Crippen MR) is 110 cm³/mol. The summed E-state index contributed by atoms with van der Waals surface area (Å²) in [6.45, 7) is 4.50. The second-order valence-corrected chi connectivity index (χ2v) is 7.73. The van der Waals surface area contributed by atoms with Crippen LogP contribution in [0.3, 0.4) is 0 Å². The van der Waals surface area contributed by atoms with Crippen LogP contribution in [0.15, 0.2) is 47.8 Å². The van der Waals surface area contributed by atoms with Crippen molar-refractivity contribution in [2.75, 3.05) is 39.4 Å². The Morgan fingerprint density at radius 3 is 2.61 bits per heavy atom. The number of amides is 2. The predicted octanol–water partition coefficient (Wildman–Crippen LogP) is 2.45. The van der Waals surface area contributed by atoms with E-state index in [0.29, 0.717) is 24.3 Å². The number of nitrogens with zero attached hydrogens (tertiary/aromatic N) is 1. The van der Waals surface area contributed by atoms with Crippen molar-refractivity contribution in [3.05, 3.63) is 58.3 Å². The van der Waals surface area contributed by atoms with Gasteiger partial charge in [-0.2, -0.15) is 0 Å². The maximum Gasteiger partial charge on any atom is 0.261 e. The number of hydrogen-bond donors (Lipinski definition) is 2. The van der Waals surface area contributed by atoms with Crippen LogP contribution in [0.2, 0.25) is 0 Å². The van der Waals surface area contributed by atoms with Crippen molar-refractivity contribution in [2.24, 2.45) is 0 Å². The molecule has 1 aliphatic heterocycles. The van der Waals surface area contributed by atoms with Crippen LogP contribution in [0, 0.1) is 0 Å². The van der Waals surface area contributed by atoms with Gasteiger partial charge < -0.3 is 15.4 Å². The molecule has 0 aliphatic carbocycles. The highest BCUT2D eigenvalue weighted by Crippen LogP contribution is 2.15. The molecular weight excluding hydrogens is 374 g/mol. The average molecular weight is 402 g/mol. The highest BCUT2D eigenvalue weighted by Gasteiger charge is 2.20. The third-order valence-corrected chi connectivity index (χ3v) is 5.56. The van der Waals surface area contributed by atoms with Gasteiger partial charge in [-0.1, -0.05) is 36.4 Å². The van der Waals surface area contributed by atoms with Crippen LogP contribution in [-0.2, 0) is 9.53 Å². The van der Waals surface area contributed by atoms with Crippen LogP contribution in [0.25, 0.3) is 0 Å². The molecular formula is C21H27N3O3S. The Balaban J connectivity index is 1.46. The molecule has 2 heterocycles. The maximum absolute atomic E-state index is 12.5. The first kappa shape index (κ1) is 20.5. The van der Waals surface area contributed by atoms with E-state index in [0.717, 1.165) is 38.4 Å². The Morgan fingerprint density at radius 2 is 1.89 bits per heavy atom. The monoisotopic (exact) mass is 401 g/mol. The van der Waals surface area contributed by atoms with Crippen LogP contribution in [0.1, 0.15) is 34.1 Å². The number of hydrogen-bond acceptors (Lipinski definition) is 5. The quantitative estimate of drug-likeness (QED) is 0.633. The van der Waals surface area contributed by atoms with E-state index in [-0.39, 0.29) is 17.9 Å². The van der Waals surface area contributed by atoms with Gasteiger partial charge in [0, 0.05) is 32.6 Å². The number of thiophene rings is 1. The third-order valence-electron chi connectivity index (χ3n) is 4.69. The highest BCUT2D eigenvalue weighted by molar-refractivity contribution is 7.12. The third kappa shape index (κ3) is 6.44. The Hall–Kier alpha value is -2.22. The first-order chi connectivity index (χ1) is 13.7. The summed E-state index contributed by atoms with van der Waals surface area (Å²) < 4.78 is 5.42. The van der Waals surface area contributed by atoms with Crippen molar-refractivity contribution < 1.29 is 14.3 Å². The summed E-state index contributed by atoms with van der Waals surface area (Å²) in [6, 6.07) is 13.7. The summed E-state index contributed by atoms with van der Waals surface area (Å²) in [5.41, 5.74) is 1.10. The topological polar surface area (TPSA) is 70.7 Å². The molecule has 0 bridgehead atoms. The molecule has 7 heteroatoms. The summed E-state index contributed by atoms with van der Waals surface area (Å²) in [5, 5.41) is 7.90. The second kappa shape index (κ2) is 10.9. The van der Waals surface area contributed by atoms with Crippen LogP contribution in [0.4, 0.5) is 0 Å². The first-order valence-corrected chi connectivity index (χ1v) is 10.6. The van der Waals surface area contributed by atoms with Gasteiger partial charge in [-0.25, -0.2) is 0 Å². The van der Waals surface area contributed by atoms with E-state index in [1.807, 2.05) is 41.8 Å². The fourth-order valence-corrected chi connectivity index (χ4v) is 3.81. The molecule has 0 radical (unpaired) electrons. The molecule has 1 saturated heterocycles. The van der Waals surface area contributed by atoms with Gasteiger partial charge in [0.15, 0.2) is 0 Å². The van der Waals surface area contributed by atoms with E-state index in [4.69, 9.17) is 4.74 Å². The molecule has 1 aromatic heterocycles. The number of benzene rings is 1. The molecule has 1 unspecified atom stereocenters. The van der Waals surface area contributed by atoms with Gasteiger partial charge in [0.05, 0.1) is 24.1 Å². The number of carbonyl (C=O) groups is 2.